The summed E-state index contributed by atoms with van der Waals surface area (Å²) in [6.45, 7) is 1.36. The van der Waals surface area contributed by atoms with E-state index in [2.05, 4.69) is 10.3 Å². The van der Waals surface area contributed by atoms with E-state index in [1.807, 2.05) is 6.07 Å². The van der Waals surface area contributed by atoms with Crippen LogP contribution in [0.2, 0.25) is 0 Å². The highest BCUT2D eigenvalue weighted by molar-refractivity contribution is 5.94. The van der Waals surface area contributed by atoms with Crippen molar-refractivity contribution in [2.24, 2.45) is 5.92 Å². The zero-order chi connectivity index (χ0) is 19.2. The predicted octanol–water partition coefficient (Wildman–Crippen LogP) is 2.40. The lowest BCUT2D eigenvalue weighted by Crippen LogP contribution is -2.42. The van der Waals surface area contributed by atoms with Crippen LogP contribution in [0.1, 0.15) is 28.8 Å². The number of nitrogens with one attached hydrogen (secondary N) is 1. The van der Waals surface area contributed by atoms with Gasteiger partial charge in [0.1, 0.15) is 5.82 Å². The highest BCUT2D eigenvalue weighted by Gasteiger charge is 2.27. The van der Waals surface area contributed by atoms with Crippen molar-refractivity contribution >= 4 is 11.8 Å². The number of amides is 2. The lowest BCUT2D eigenvalue weighted by Gasteiger charge is -2.31. The Morgan fingerprint density at radius 2 is 1.93 bits per heavy atom. The number of rotatable bonds is 5. The second-order valence-corrected chi connectivity index (χ2v) is 6.46. The smallest absolute Gasteiger partial charge is 0.253 e. The summed E-state index contributed by atoms with van der Waals surface area (Å²) in [6, 6.07) is 9.18. The van der Waals surface area contributed by atoms with Crippen LogP contribution in [-0.2, 0) is 11.3 Å². The minimum atomic E-state index is -0.368. The molecule has 1 aliphatic rings. The second-order valence-electron chi connectivity index (χ2n) is 6.46. The molecule has 0 saturated carbocycles. The molecule has 1 saturated heterocycles. The Morgan fingerprint density at radius 1 is 1.22 bits per heavy atom. The van der Waals surface area contributed by atoms with Crippen molar-refractivity contribution < 1.29 is 18.7 Å². The van der Waals surface area contributed by atoms with E-state index in [9.17, 15) is 14.0 Å². The molecule has 1 N–H and O–H groups in total. The van der Waals surface area contributed by atoms with Gasteiger partial charge in [-0.25, -0.2) is 9.37 Å². The molecule has 27 heavy (non-hydrogen) atoms. The molecular formula is C20H22FN3O3. The van der Waals surface area contributed by atoms with E-state index < -0.39 is 0 Å². The third kappa shape index (κ3) is 4.61. The van der Waals surface area contributed by atoms with E-state index in [0.717, 1.165) is 5.56 Å². The van der Waals surface area contributed by atoms with Crippen molar-refractivity contribution in [3.05, 3.63) is 59.5 Å². The molecule has 0 spiro atoms. The molecule has 2 heterocycles. The highest BCUT2D eigenvalue weighted by Crippen LogP contribution is 2.20. The zero-order valence-electron chi connectivity index (χ0n) is 15.2. The van der Waals surface area contributed by atoms with Crippen molar-refractivity contribution in [2.45, 2.75) is 19.4 Å². The maximum absolute atomic E-state index is 13.0. The number of hydrogen-bond donors (Lipinski definition) is 1. The van der Waals surface area contributed by atoms with E-state index in [-0.39, 0.29) is 23.5 Å². The fourth-order valence-corrected chi connectivity index (χ4v) is 3.19. The van der Waals surface area contributed by atoms with Gasteiger partial charge in [-0.05, 0) is 43.2 Å². The Labute approximate surface area is 157 Å². The maximum Gasteiger partial charge on any atom is 0.253 e. The summed E-state index contributed by atoms with van der Waals surface area (Å²) in [5.74, 6) is -0.168. The fraction of sp³-hybridized carbons (Fsp3) is 0.350. The lowest BCUT2D eigenvalue weighted by molar-refractivity contribution is -0.126. The third-order valence-corrected chi connectivity index (χ3v) is 4.74. The molecule has 1 fully saturated rings. The summed E-state index contributed by atoms with van der Waals surface area (Å²) in [7, 11) is 1.54. The van der Waals surface area contributed by atoms with E-state index in [1.54, 1.807) is 24.3 Å². The van der Waals surface area contributed by atoms with Crippen molar-refractivity contribution in [1.82, 2.24) is 15.2 Å². The van der Waals surface area contributed by atoms with Crippen molar-refractivity contribution in [1.29, 1.82) is 0 Å². The van der Waals surface area contributed by atoms with Gasteiger partial charge in [-0.3, -0.25) is 9.59 Å². The van der Waals surface area contributed by atoms with Crippen molar-refractivity contribution in [3.8, 4) is 5.88 Å². The Morgan fingerprint density at radius 3 is 2.59 bits per heavy atom. The average molecular weight is 371 g/mol. The number of piperidine rings is 1. The third-order valence-electron chi connectivity index (χ3n) is 4.74. The number of aromatic nitrogens is 1. The zero-order valence-corrected chi connectivity index (χ0v) is 15.2. The predicted molar refractivity (Wildman–Crippen MR) is 97.7 cm³/mol. The Balaban J connectivity index is 1.50. The molecule has 2 amide bonds. The van der Waals surface area contributed by atoms with Crippen molar-refractivity contribution in [3.63, 3.8) is 0 Å². The summed E-state index contributed by atoms with van der Waals surface area (Å²) >= 11 is 0. The van der Waals surface area contributed by atoms with Gasteiger partial charge in [0.15, 0.2) is 0 Å². The quantitative estimate of drug-likeness (QED) is 0.876. The first-order valence-corrected chi connectivity index (χ1v) is 8.89. The topological polar surface area (TPSA) is 71.5 Å². The van der Waals surface area contributed by atoms with Gasteiger partial charge in [-0.1, -0.05) is 6.07 Å². The number of likely N-dealkylation sites (tertiary alicyclic amines) is 1. The Hall–Kier alpha value is -2.96. The fourth-order valence-electron chi connectivity index (χ4n) is 3.19. The van der Waals surface area contributed by atoms with Crippen LogP contribution >= 0.6 is 0 Å². The van der Waals surface area contributed by atoms with Crippen LogP contribution in [0.5, 0.6) is 5.88 Å². The van der Waals surface area contributed by atoms with Crippen LogP contribution in [0.15, 0.2) is 42.6 Å². The number of benzene rings is 1. The first-order valence-electron chi connectivity index (χ1n) is 8.89. The monoisotopic (exact) mass is 371 g/mol. The molecule has 2 aromatic rings. The molecule has 0 radical (unpaired) electrons. The van der Waals surface area contributed by atoms with Crippen LogP contribution in [-0.4, -0.2) is 41.9 Å². The first kappa shape index (κ1) is 18.8. The first-order chi connectivity index (χ1) is 13.1. The van der Waals surface area contributed by atoms with Gasteiger partial charge < -0.3 is 15.0 Å². The molecule has 3 rings (SSSR count). The van der Waals surface area contributed by atoms with Gasteiger partial charge in [0.2, 0.25) is 11.8 Å². The summed E-state index contributed by atoms with van der Waals surface area (Å²) in [5.41, 5.74) is 1.28. The number of ether oxygens (including phenoxy) is 1. The number of halogens is 1. The van der Waals surface area contributed by atoms with Gasteiger partial charge in [-0.2, -0.15) is 0 Å². The van der Waals surface area contributed by atoms with Crippen LogP contribution < -0.4 is 10.1 Å². The van der Waals surface area contributed by atoms with Crippen LogP contribution in [0.25, 0.3) is 0 Å². The lowest BCUT2D eigenvalue weighted by atomic mass is 9.95. The standard InChI is InChI=1S/C20H22FN3O3/c1-27-19-16(3-2-10-22-19)13-23-18(25)14-8-11-24(12-9-14)20(26)15-4-6-17(21)7-5-15/h2-7,10,14H,8-9,11-13H2,1H3,(H,23,25). The minimum absolute atomic E-state index is 0.0326. The number of methoxy groups -OCH3 is 1. The number of carbonyl (C=O) groups excluding carboxylic acids is 2. The minimum Gasteiger partial charge on any atom is -0.481 e. The Kier molecular flexibility index (Phi) is 6.01. The van der Waals surface area contributed by atoms with Gasteiger partial charge in [0.05, 0.1) is 7.11 Å². The molecule has 142 valence electrons. The van der Waals surface area contributed by atoms with E-state index in [4.69, 9.17) is 4.74 Å². The molecule has 1 aliphatic heterocycles. The van der Waals surface area contributed by atoms with E-state index >= 15 is 0 Å². The highest BCUT2D eigenvalue weighted by atomic mass is 19.1. The van der Waals surface area contributed by atoms with Gasteiger partial charge in [-0.15, -0.1) is 0 Å². The van der Waals surface area contributed by atoms with E-state index in [0.29, 0.717) is 43.9 Å². The SMILES string of the molecule is COc1ncccc1CNC(=O)C1CCN(C(=O)c2ccc(F)cc2)CC1. The van der Waals surface area contributed by atoms with Crippen LogP contribution in [0, 0.1) is 11.7 Å². The largest absolute Gasteiger partial charge is 0.481 e. The number of hydrogen-bond acceptors (Lipinski definition) is 4. The molecule has 6 nitrogen and oxygen atoms in total. The average Bonchev–Trinajstić information content (AvgIpc) is 2.72. The molecule has 0 bridgehead atoms. The van der Waals surface area contributed by atoms with Crippen LogP contribution in [0.4, 0.5) is 4.39 Å². The second kappa shape index (κ2) is 8.62. The van der Waals surface area contributed by atoms with E-state index in [1.165, 1.54) is 24.3 Å². The van der Waals surface area contributed by atoms with Gasteiger partial charge in [0.25, 0.3) is 5.91 Å². The summed E-state index contributed by atoms with van der Waals surface area (Å²) in [4.78, 5) is 30.7. The van der Waals surface area contributed by atoms with Gasteiger partial charge in [0, 0.05) is 42.9 Å². The molecular weight excluding hydrogens is 349 g/mol. The normalized spacial score (nSPS) is 14.7. The molecule has 0 atom stereocenters. The number of pyridine rings is 1. The summed E-state index contributed by atoms with van der Waals surface area (Å²) in [5, 5.41) is 2.92. The van der Waals surface area contributed by atoms with Gasteiger partial charge >= 0.3 is 0 Å². The molecule has 0 aliphatic carbocycles. The number of carbonyl (C=O) groups is 2. The Bertz CT molecular complexity index is 802. The summed E-state index contributed by atoms with van der Waals surface area (Å²) in [6.07, 6.45) is 2.84. The number of nitrogens with zero attached hydrogens (tertiary/aromatic N) is 2. The van der Waals surface area contributed by atoms with Crippen LogP contribution in [0.3, 0.4) is 0 Å². The molecule has 1 aromatic heterocycles. The molecule has 7 heteroatoms. The maximum atomic E-state index is 13.0. The summed E-state index contributed by atoms with van der Waals surface area (Å²) < 4.78 is 18.2. The molecule has 0 unspecified atom stereocenters. The molecule has 1 aromatic carbocycles. The van der Waals surface area contributed by atoms with Crippen molar-refractivity contribution in [2.75, 3.05) is 20.2 Å².